The number of pyridine rings is 1. The highest BCUT2D eigenvalue weighted by molar-refractivity contribution is 6.08. The summed E-state index contributed by atoms with van der Waals surface area (Å²) in [5.74, 6) is -0.992. The second kappa shape index (κ2) is 10.6. The van der Waals surface area contributed by atoms with Crippen molar-refractivity contribution in [3.63, 3.8) is 0 Å². The van der Waals surface area contributed by atoms with Crippen molar-refractivity contribution in [1.82, 2.24) is 4.98 Å². The fourth-order valence-corrected chi connectivity index (χ4v) is 3.81. The maximum atomic E-state index is 14.9. The number of amides is 1. The van der Waals surface area contributed by atoms with Crippen molar-refractivity contribution in [2.75, 3.05) is 23.8 Å². The van der Waals surface area contributed by atoms with Gasteiger partial charge in [0.15, 0.2) is 0 Å². The highest BCUT2D eigenvalue weighted by Crippen LogP contribution is 2.32. The largest absolute Gasteiger partial charge is 0.416 e. The van der Waals surface area contributed by atoms with Crippen LogP contribution in [0.5, 0.6) is 0 Å². The number of nitrogens with zero attached hydrogens (tertiary/aromatic N) is 2. The van der Waals surface area contributed by atoms with Gasteiger partial charge >= 0.3 is 6.18 Å². The number of alkyl halides is 3. The molecule has 184 valence electrons. The van der Waals surface area contributed by atoms with Gasteiger partial charge in [0.25, 0.3) is 5.91 Å². The van der Waals surface area contributed by atoms with E-state index in [0.717, 1.165) is 17.8 Å². The standard InChI is InChI=1S/C28H23F4N3O/c1-35(17-15-21-6-4-5-16-33-21)26-14-13-22(18-25(26)29)34-27(36)24-8-3-2-7-23(24)19-9-11-20(12-10-19)28(30,31)32/h2-14,16,18H,15,17H2,1H3,(H,34,36). The van der Waals surface area contributed by atoms with Crippen molar-refractivity contribution < 1.29 is 22.4 Å². The van der Waals surface area contributed by atoms with E-state index in [1.807, 2.05) is 18.2 Å². The summed E-state index contributed by atoms with van der Waals surface area (Å²) in [6.45, 7) is 0.556. The van der Waals surface area contributed by atoms with Gasteiger partial charge < -0.3 is 10.2 Å². The summed E-state index contributed by atoms with van der Waals surface area (Å²) in [7, 11) is 1.78. The Hall–Kier alpha value is -4.20. The maximum absolute atomic E-state index is 14.9. The Kier molecular flexibility index (Phi) is 7.33. The molecule has 1 aromatic heterocycles. The molecule has 0 saturated heterocycles. The van der Waals surface area contributed by atoms with Gasteiger partial charge in [0, 0.05) is 43.2 Å². The molecule has 0 aliphatic heterocycles. The first-order chi connectivity index (χ1) is 17.2. The number of nitrogens with one attached hydrogen (secondary N) is 1. The summed E-state index contributed by atoms with van der Waals surface area (Å²) >= 11 is 0. The zero-order valence-corrected chi connectivity index (χ0v) is 19.4. The number of benzene rings is 3. The van der Waals surface area contributed by atoms with E-state index in [9.17, 15) is 22.4 Å². The molecule has 8 heteroatoms. The smallest absolute Gasteiger partial charge is 0.372 e. The van der Waals surface area contributed by atoms with Crippen molar-refractivity contribution in [2.45, 2.75) is 12.6 Å². The zero-order valence-electron chi connectivity index (χ0n) is 19.4. The molecule has 4 aromatic rings. The number of carbonyl (C=O) groups is 1. The van der Waals surface area contributed by atoms with Crippen LogP contribution in [0, 0.1) is 5.82 Å². The number of likely N-dealkylation sites (N-methyl/N-ethyl adjacent to an activating group) is 1. The average molecular weight is 494 g/mol. The molecule has 3 aromatic carbocycles. The molecular formula is C28H23F4N3O. The molecule has 0 bridgehead atoms. The third kappa shape index (κ3) is 5.89. The van der Waals surface area contributed by atoms with Crippen LogP contribution in [0.1, 0.15) is 21.6 Å². The van der Waals surface area contributed by atoms with E-state index in [4.69, 9.17) is 0 Å². The van der Waals surface area contributed by atoms with E-state index < -0.39 is 23.5 Å². The van der Waals surface area contributed by atoms with Crippen molar-refractivity contribution in [2.24, 2.45) is 0 Å². The van der Waals surface area contributed by atoms with Gasteiger partial charge in [-0.05, 0) is 59.7 Å². The Morgan fingerprint density at radius 3 is 2.33 bits per heavy atom. The van der Waals surface area contributed by atoms with Crippen molar-refractivity contribution >= 4 is 17.3 Å². The molecule has 0 fully saturated rings. The third-order valence-electron chi connectivity index (χ3n) is 5.74. The van der Waals surface area contributed by atoms with Gasteiger partial charge in [0.1, 0.15) is 5.82 Å². The fourth-order valence-electron chi connectivity index (χ4n) is 3.81. The van der Waals surface area contributed by atoms with Crippen LogP contribution < -0.4 is 10.2 Å². The van der Waals surface area contributed by atoms with Crippen LogP contribution in [0.15, 0.2) is 91.1 Å². The highest BCUT2D eigenvalue weighted by atomic mass is 19.4. The summed E-state index contributed by atoms with van der Waals surface area (Å²) in [6, 6.07) is 21.2. The molecule has 0 aliphatic carbocycles. The molecule has 0 atom stereocenters. The zero-order chi connectivity index (χ0) is 25.7. The summed E-state index contributed by atoms with van der Waals surface area (Å²) in [5, 5.41) is 2.68. The van der Waals surface area contributed by atoms with E-state index in [2.05, 4.69) is 10.3 Å². The predicted octanol–water partition coefficient (Wildman–Crippen LogP) is 6.84. The molecule has 1 heterocycles. The summed E-state index contributed by atoms with van der Waals surface area (Å²) in [4.78, 5) is 19.0. The van der Waals surface area contributed by atoms with Crippen molar-refractivity contribution in [3.8, 4) is 11.1 Å². The van der Waals surface area contributed by atoms with Gasteiger partial charge in [-0.3, -0.25) is 9.78 Å². The number of hydrogen-bond donors (Lipinski definition) is 1. The quantitative estimate of drug-likeness (QED) is 0.287. The monoisotopic (exact) mass is 493 g/mol. The normalized spacial score (nSPS) is 11.2. The maximum Gasteiger partial charge on any atom is 0.416 e. The van der Waals surface area contributed by atoms with E-state index in [0.29, 0.717) is 29.8 Å². The van der Waals surface area contributed by atoms with Crippen LogP contribution in [-0.2, 0) is 12.6 Å². The number of carbonyl (C=O) groups excluding carboxylic acids is 1. The second-order valence-corrected chi connectivity index (χ2v) is 8.23. The van der Waals surface area contributed by atoms with Gasteiger partial charge in [-0.2, -0.15) is 13.2 Å². The van der Waals surface area contributed by atoms with Crippen LogP contribution in [0.3, 0.4) is 0 Å². The molecule has 1 amide bonds. The summed E-state index contributed by atoms with van der Waals surface area (Å²) in [5.41, 5.74) is 1.97. The molecule has 0 unspecified atom stereocenters. The van der Waals surface area contributed by atoms with Gasteiger partial charge in [0.2, 0.25) is 0 Å². The molecule has 36 heavy (non-hydrogen) atoms. The lowest BCUT2D eigenvalue weighted by Gasteiger charge is -2.20. The summed E-state index contributed by atoms with van der Waals surface area (Å²) in [6.07, 6.45) is -2.09. The minimum absolute atomic E-state index is 0.259. The number of halogens is 4. The van der Waals surface area contributed by atoms with Gasteiger partial charge in [-0.1, -0.05) is 36.4 Å². The molecule has 1 N–H and O–H groups in total. The first-order valence-corrected chi connectivity index (χ1v) is 11.2. The van der Waals surface area contributed by atoms with Gasteiger partial charge in [0.05, 0.1) is 11.3 Å². The van der Waals surface area contributed by atoms with E-state index in [1.165, 1.54) is 18.2 Å². The van der Waals surface area contributed by atoms with Crippen LogP contribution in [0.2, 0.25) is 0 Å². The minimum Gasteiger partial charge on any atom is -0.372 e. The average Bonchev–Trinajstić information content (AvgIpc) is 2.87. The topological polar surface area (TPSA) is 45.2 Å². The Labute approximate surface area is 206 Å². The van der Waals surface area contributed by atoms with E-state index in [1.54, 1.807) is 54.5 Å². The van der Waals surface area contributed by atoms with Crippen LogP contribution in [0.4, 0.5) is 28.9 Å². The highest BCUT2D eigenvalue weighted by Gasteiger charge is 2.30. The fraction of sp³-hybridized carbons (Fsp3) is 0.143. The van der Waals surface area contributed by atoms with Gasteiger partial charge in [-0.25, -0.2) is 4.39 Å². The SMILES string of the molecule is CN(CCc1ccccn1)c1ccc(NC(=O)c2ccccc2-c2ccc(C(F)(F)F)cc2)cc1F. The number of aromatic nitrogens is 1. The number of rotatable bonds is 7. The lowest BCUT2D eigenvalue weighted by molar-refractivity contribution is -0.137. The van der Waals surface area contributed by atoms with Crippen LogP contribution in [0.25, 0.3) is 11.1 Å². The minimum atomic E-state index is -4.45. The Morgan fingerprint density at radius 2 is 1.67 bits per heavy atom. The molecule has 0 saturated carbocycles. The van der Waals surface area contributed by atoms with E-state index >= 15 is 0 Å². The molecule has 0 spiro atoms. The predicted molar refractivity (Wildman–Crippen MR) is 132 cm³/mol. The van der Waals surface area contributed by atoms with Crippen LogP contribution >= 0.6 is 0 Å². The molecule has 4 nitrogen and oxygen atoms in total. The van der Waals surface area contributed by atoms with Gasteiger partial charge in [-0.15, -0.1) is 0 Å². The third-order valence-corrected chi connectivity index (χ3v) is 5.74. The van der Waals surface area contributed by atoms with Crippen LogP contribution in [-0.4, -0.2) is 24.5 Å². The lowest BCUT2D eigenvalue weighted by Crippen LogP contribution is -2.22. The van der Waals surface area contributed by atoms with E-state index in [-0.39, 0.29) is 11.3 Å². The lowest BCUT2D eigenvalue weighted by atomic mass is 9.98. The molecular weight excluding hydrogens is 470 g/mol. The first-order valence-electron chi connectivity index (χ1n) is 11.2. The second-order valence-electron chi connectivity index (χ2n) is 8.23. The first kappa shape index (κ1) is 24.9. The Balaban J connectivity index is 1.48. The molecule has 4 rings (SSSR count). The number of hydrogen-bond acceptors (Lipinski definition) is 3. The Morgan fingerprint density at radius 1 is 0.944 bits per heavy atom. The summed E-state index contributed by atoms with van der Waals surface area (Å²) < 4.78 is 53.6. The number of anilines is 2. The molecule has 0 aliphatic rings. The molecule has 0 radical (unpaired) electrons. The van der Waals surface area contributed by atoms with Crippen molar-refractivity contribution in [3.05, 3.63) is 114 Å². The Bertz CT molecular complexity index is 1340. The van der Waals surface area contributed by atoms with Crippen molar-refractivity contribution in [1.29, 1.82) is 0 Å².